The van der Waals surface area contributed by atoms with Crippen molar-refractivity contribution in [2.75, 3.05) is 31.2 Å². The molecule has 0 saturated carbocycles. The largest absolute Gasteiger partial charge is 0.465 e. The molecule has 3 saturated heterocycles. The average molecular weight is 539 g/mol. The summed E-state index contributed by atoms with van der Waals surface area (Å²) < 4.78 is 12.5. The van der Waals surface area contributed by atoms with Crippen molar-refractivity contribution >= 4 is 23.5 Å². The smallest absolute Gasteiger partial charge is 0.312 e. The Hall–Kier alpha value is -2.97. The summed E-state index contributed by atoms with van der Waals surface area (Å²) in [6, 6.07) is 5.01. The first-order valence-electron chi connectivity index (χ1n) is 14.1. The first kappa shape index (κ1) is 29.0. The lowest BCUT2D eigenvalue weighted by molar-refractivity contribution is -0.161. The minimum atomic E-state index is -1.14. The Morgan fingerprint density at radius 1 is 1.23 bits per heavy atom. The third kappa shape index (κ3) is 4.82. The Balaban J connectivity index is 1.77. The molecule has 0 aliphatic carbocycles. The fraction of sp³-hybridized carbons (Fsp3) is 0.581. The number of fused-ring (bicyclic) bond motifs is 1. The molecule has 3 fully saturated rings. The third-order valence-corrected chi connectivity index (χ3v) is 8.76. The number of rotatable bonds is 13. The maximum Gasteiger partial charge on any atom is 0.312 e. The van der Waals surface area contributed by atoms with E-state index in [1.165, 1.54) is 0 Å². The maximum absolute atomic E-state index is 14.6. The molecule has 39 heavy (non-hydrogen) atoms. The lowest BCUT2D eigenvalue weighted by Crippen LogP contribution is -2.56. The Labute approximate surface area is 231 Å². The molecule has 3 aliphatic rings. The standard InChI is InChI=1S/C31H42N2O6/c1-6-9-10-19-38-29(37)25-24-27(35)33(17-11-18-34)26(31(24)15-14-30(25,8-3)39-31)28(36)32(16-7-2)23-20-21(4)12-13-22(23)5/h6-7,12-13,20,24-26,34H,1-2,8-11,14-19H2,3-5H3/t24-,25-,26?,30+,31?/m0/s1. The number of amides is 2. The Morgan fingerprint density at radius 2 is 2.00 bits per heavy atom. The summed E-state index contributed by atoms with van der Waals surface area (Å²) in [5.41, 5.74) is 0.709. The number of anilines is 1. The normalized spacial score (nSPS) is 28.9. The molecule has 8 heteroatoms. The van der Waals surface area contributed by atoms with Gasteiger partial charge >= 0.3 is 5.97 Å². The van der Waals surface area contributed by atoms with E-state index < -0.39 is 35.0 Å². The highest BCUT2D eigenvalue weighted by Crippen LogP contribution is 2.64. The summed E-state index contributed by atoms with van der Waals surface area (Å²) >= 11 is 0. The Morgan fingerprint density at radius 3 is 2.67 bits per heavy atom. The third-order valence-electron chi connectivity index (χ3n) is 8.76. The van der Waals surface area contributed by atoms with Gasteiger partial charge in [-0.15, -0.1) is 13.2 Å². The summed E-state index contributed by atoms with van der Waals surface area (Å²) in [5, 5.41) is 9.61. The maximum atomic E-state index is 14.6. The average Bonchev–Trinajstić information content (AvgIpc) is 3.53. The molecule has 3 aliphatic heterocycles. The van der Waals surface area contributed by atoms with Gasteiger partial charge in [0.05, 0.1) is 18.1 Å². The van der Waals surface area contributed by atoms with Gasteiger partial charge in [0.2, 0.25) is 5.91 Å². The molecule has 2 amide bonds. The Kier molecular flexibility index (Phi) is 8.66. The molecule has 8 nitrogen and oxygen atoms in total. The van der Waals surface area contributed by atoms with Crippen molar-refractivity contribution in [2.24, 2.45) is 11.8 Å². The van der Waals surface area contributed by atoms with Gasteiger partial charge in [-0.25, -0.2) is 0 Å². The van der Waals surface area contributed by atoms with Crippen LogP contribution in [0.25, 0.3) is 0 Å². The van der Waals surface area contributed by atoms with E-state index in [-0.39, 0.29) is 38.1 Å². The van der Waals surface area contributed by atoms with Gasteiger partial charge in [-0.05, 0) is 69.6 Å². The van der Waals surface area contributed by atoms with Gasteiger partial charge < -0.3 is 24.4 Å². The molecule has 1 N–H and O–H groups in total. The molecule has 1 aromatic carbocycles. The number of unbranched alkanes of at least 4 members (excludes halogenated alkanes) is 1. The van der Waals surface area contributed by atoms with Crippen LogP contribution in [0.1, 0.15) is 56.6 Å². The molecule has 4 rings (SSSR count). The quantitative estimate of drug-likeness (QED) is 0.233. The molecular weight excluding hydrogens is 496 g/mol. The van der Waals surface area contributed by atoms with E-state index >= 15 is 0 Å². The SMILES string of the molecule is C=CCCCOC(=O)[C@@H]1[C@H]2C(=O)N(CCCO)C(C(=O)N(CC=C)c3cc(C)ccc3C)C23CC[C@@]1(CC)O3. The number of aryl methyl sites for hydroxylation is 2. The lowest BCUT2D eigenvalue weighted by atomic mass is 9.65. The van der Waals surface area contributed by atoms with E-state index in [2.05, 4.69) is 13.2 Å². The van der Waals surface area contributed by atoms with E-state index in [0.29, 0.717) is 32.1 Å². The number of benzene rings is 1. The van der Waals surface area contributed by atoms with E-state index in [9.17, 15) is 19.5 Å². The second kappa shape index (κ2) is 11.6. The van der Waals surface area contributed by atoms with Gasteiger partial charge in [0, 0.05) is 25.4 Å². The number of ether oxygens (including phenoxy) is 2. The first-order valence-corrected chi connectivity index (χ1v) is 14.1. The molecule has 1 aromatic rings. The van der Waals surface area contributed by atoms with Gasteiger partial charge in [-0.1, -0.05) is 31.2 Å². The van der Waals surface area contributed by atoms with Crippen molar-refractivity contribution in [3.05, 3.63) is 54.6 Å². The van der Waals surface area contributed by atoms with Gasteiger partial charge in [0.25, 0.3) is 5.91 Å². The van der Waals surface area contributed by atoms with E-state index in [1.807, 2.05) is 39.0 Å². The van der Waals surface area contributed by atoms with Crippen molar-refractivity contribution in [1.29, 1.82) is 0 Å². The first-order chi connectivity index (χ1) is 18.7. The van der Waals surface area contributed by atoms with E-state index in [0.717, 1.165) is 23.2 Å². The zero-order chi connectivity index (χ0) is 28.4. The molecular formula is C31H42N2O6. The summed E-state index contributed by atoms with van der Waals surface area (Å²) in [6.07, 6.45) is 6.75. The summed E-state index contributed by atoms with van der Waals surface area (Å²) in [4.78, 5) is 45.5. The van der Waals surface area contributed by atoms with Crippen LogP contribution < -0.4 is 4.90 Å². The molecule has 5 atom stereocenters. The van der Waals surface area contributed by atoms with Gasteiger partial charge in [0.1, 0.15) is 17.6 Å². The number of carbonyl (C=O) groups is 3. The fourth-order valence-electron chi connectivity index (χ4n) is 6.92. The van der Waals surface area contributed by atoms with E-state index in [1.54, 1.807) is 22.0 Å². The number of aliphatic hydroxyl groups is 1. The van der Waals surface area contributed by atoms with Crippen LogP contribution in [0.15, 0.2) is 43.5 Å². The number of esters is 1. The number of nitrogens with zero attached hydrogens (tertiary/aromatic N) is 2. The van der Waals surface area contributed by atoms with Gasteiger partial charge in [-0.3, -0.25) is 14.4 Å². The van der Waals surface area contributed by atoms with Crippen LogP contribution in [0.3, 0.4) is 0 Å². The molecule has 2 unspecified atom stereocenters. The van der Waals surface area contributed by atoms with Crippen molar-refractivity contribution < 1.29 is 29.0 Å². The summed E-state index contributed by atoms with van der Waals surface area (Å²) in [5.74, 6) is -2.56. The van der Waals surface area contributed by atoms with Gasteiger partial charge in [0.15, 0.2) is 0 Å². The predicted molar refractivity (Wildman–Crippen MR) is 149 cm³/mol. The second-order valence-corrected chi connectivity index (χ2v) is 11.1. The zero-order valence-corrected chi connectivity index (χ0v) is 23.5. The zero-order valence-electron chi connectivity index (χ0n) is 23.5. The number of hydrogen-bond acceptors (Lipinski definition) is 6. The van der Waals surface area contributed by atoms with Crippen LogP contribution in [-0.2, 0) is 23.9 Å². The summed E-state index contributed by atoms with van der Waals surface area (Å²) in [7, 11) is 0. The fourth-order valence-corrected chi connectivity index (χ4v) is 6.92. The number of allylic oxidation sites excluding steroid dienone is 1. The highest BCUT2D eigenvalue weighted by Gasteiger charge is 2.79. The molecule has 0 radical (unpaired) electrons. The Bertz CT molecular complexity index is 1130. The molecule has 3 heterocycles. The van der Waals surface area contributed by atoms with Crippen molar-refractivity contribution in [2.45, 2.75) is 76.5 Å². The minimum absolute atomic E-state index is 0.121. The topological polar surface area (TPSA) is 96.4 Å². The molecule has 2 bridgehead atoms. The molecule has 212 valence electrons. The number of hydrogen-bond donors (Lipinski definition) is 1. The van der Waals surface area contributed by atoms with E-state index in [4.69, 9.17) is 9.47 Å². The van der Waals surface area contributed by atoms with Crippen LogP contribution in [0.2, 0.25) is 0 Å². The van der Waals surface area contributed by atoms with Crippen molar-refractivity contribution in [1.82, 2.24) is 4.90 Å². The highest BCUT2D eigenvalue weighted by molar-refractivity contribution is 6.05. The number of carbonyl (C=O) groups excluding carboxylic acids is 3. The number of aliphatic hydroxyl groups excluding tert-OH is 1. The van der Waals surface area contributed by atoms with Gasteiger partial charge in [-0.2, -0.15) is 0 Å². The predicted octanol–water partition coefficient (Wildman–Crippen LogP) is 3.87. The van der Waals surface area contributed by atoms with Crippen LogP contribution >= 0.6 is 0 Å². The van der Waals surface area contributed by atoms with Crippen LogP contribution in [-0.4, -0.2) is 71.3 Å². The van der Waals surface area contributed by atoms with Crippen molar-refractivity contribution in [3.63, 3.8) is 0 Å². The van der Waals surface area contributed by atoms with Crippen LogP contribution in [0.5, 0.6) is 0 Å². The van der Waals surface area contributed by atoms with Crippen LogP contribution in [0.4, 0.5) is 5.69 Å². The van der Waals surface area contributed by atoms with Crippen molar-refractivity contribution in [3.8, 4) is 0 Å². The highest BCUT2D eigenvalue weighted by atomic mass is 16.6. The lowest BCUT2D eigenvalue weighted by Gasteiger charge is -2.37. The summed E-state index contributed by atoms with van der Waals surface area (Å²) in [6.45, 7) is 14.0. The number of likely N-dealkylation sites (tertiary alicyclic amines) is 1. The second-order valence-electron chi connectivity index (χ2n) is 11.1. The van der Waals surface area contributed by atoms with Crippen LogP contribution in [0, 0.1) is 25.7 Å². The molecule has 0 aromatic heterocycles. The molecule has 1 spiro atoms. The monoisotopic (exact) mass is 538 g/mol. The minimum Gasteiger partial charge on any atom is -0.465 e.